The van der Waals surface area contributed by atoms with Gasteiger partial charge in [0.2, 0.25) is 0 Å². The molecule has 0 saturated carbocycles. The lowest BCUT2D eigenvalue weighted by molar-refractivity contribution is 0.0833. The SMILES string of the molecule is O=C(NC(Cc1cccc(Oc2ccccc2)c1)C(O)c1ccc(F)cc1)c1ccc(F)c2ccccc12. The number of hydrogen-bond acceptors (Lipinski definition) is 3. The summed E-state index contributed by atoms with van der Waals surface area (Å²) in [6.45, 7) is 0. The van der Waals surface area contributed by atoms with Gasteiger partial charge in [-0.05, 0) is 71.5 Å². The van der Waals surface area contributed by atoms with Gasteiger partial charge in [0.15, 0.2) is 0 Å². The molecule has 6 heteroatoms. The average Bonchev–Trinajstić information content (AvgIpc) is 2.94. The van der Waals surface area contributed by atoms with Gasteiger partial charge >= 0.3 is 0 Å². The average molecular weight is 510 g/mol. The van der Waals surface area contributed by atoms with Crippen molar-refractivity contribution in [1.82, 2.24) is 5.32 Å². The zero-order valence-corrected chi connectivity index (χ0v) is 20.4. The number of aliphatic hydroxyl groups excluding tert-OH is 1. The molecule has 2 unspecified atom stereocenters. The monoisotopic (exact) mass is 509 g/mol. The van der Waals surface area contributed by atoms with Crippen molar-refractivity contribution >= 4 is 16.7 Å². The number of halogens is 2. The first kappa shape index (κ1) is 25.1. The first-order valence-electron chi connectivity index (χ1n) is 12.2. The highest BCUT2D eigenvalue weighted by atomic mass is 19.1. The lowest BCUT2D eigenvalue weighted by atomic mass is 9.95. The normalized spacial score (nSPS) is 12.6. The van der Waals surface area contributed by atoms with Gasteiger partial charge in [-0.25, -0.2) is 8.78 Å². The minimum Gasteiger partial charge on any atom is -0.457 e. The maximum Gasteiger partial charge on any atom is 0.252 e. The number of nitrogens with one attached hydrogen (secondary N) is 1. The number of ether oxygens (including phenoxy) is 1. The highest BCUT2D eigenvalue weighted by molar-refractivity contribution is 6.07. The van der Waals surface area contributed by atoms with Crippen LogP contribution in [0.15, 0.2) is 115 Å². The van der Waals surface area contributed by atoms with Gasteiger partial charge in [0.05, 0.1) is 12.1 Å². The van der Waals surface area contributed by atoms with Crippen LogP contribution in [0.1, 0.15) is 27.6 Å². The van der Waals surface area contributed by atoms with E-state index in [-0.39, 0.29) is 6.42 Å². The molecule has 4 nitrogen and oxygen atoms in total. The smallest absolute Gasteiger partial charge is 0.252 e. The van der Waals surface area contributed by atoms with Crippen LogP contribution >= 0.6 is 0 Å². The Morgan fingerprint density at radius 2 is 1.45 bits per heavy atom. The van der Waals surface area contributed by atoms with Crippen LogP contribution in [-0.2, 0) is 6.42 Å². The Kier molecular flexibility index (Phi) is 7.43. The van der Waals surface area contributed by atoms with Gasteiger partial charge in [-0.1, -0.05) is 66.7 Å². The second-order valence-electron chi connectivity index (χ2n) is 8.98. The molecular weight excluding hydrogens is 484 g/mol. The molecule has 5 rings (SSSR count). The largest absolute Gasteiger partial charge is 0.457 e. The molecule has 1 amide bonds. The topological polar surface area (TPSA) is 58.6 Å². The molecule has 0 heterocycles. The van der Waals surface area contributed by atoms with E-state index < -0.39 is 29.7 Å². The predicted molar refractivity (Wildman–Crippen MR) is 143 cm³/mol. The maximum atomic E-state index is 14.3. The van der Waals surface area contributed by atoms with E-state index in [4.69, 9.17) is 4.74 Å². The van der Waals surface area contributed by atoms with E-state index in [2.05, 4.69) is 5.32 Å². The standard InChI is InChI=1S/C32H25F2NO3/c33-23-15-13-22(14-16-23)31(36)30(20-21-7-6-10-25(19-21)38-24-8-2-1-3-9-24)35-32(37)28-17-18-29(34)27-12-5-4-11-26(27)28/h1-19,30-31,36H,20H2,(H,35,37). The van der Waals surface area contributed by atoms with Crippen LogP contribution in [0.25, 0.3) is 10.8 Å². The summed E-state index contributed by atoms with van der Waals surface area (Å²) >= 11 is 0. The second kappa shape index (κ2) is 11.2. The third-order valence-corrected chi connectivity index (χ3v) is 6.36. The third kappa shape index (κ3) is 5.71. The summed E-state index contributed by atoms with van der Waals surface area (Å²) in [6, 6.07) is 30.9. The van der Waals surface area contributed by atoms with Crippen molar-refractivity contribution in [2.45, 2.75) is 18.6 Å². The van der Waals surface area contributed by atoms with E-state index in [1.54, 1.807) is 24.3 Å². The molecule has 5 aromatic carbocycles. The fourth-order valence-corrected chi connectivity index (χ4v) is 4.45. The highest BCUT2D eigenvalue weighted by Gasteiger charge is 2.25. The number of para-hydroxylation sites is 1. The molecule has 2 atom stereocenters. The quantitative estimate of drug-likeness (QED) is 0.237. The Morgan fingerprint density at radius 1 is 0.763 bits per heavy atom. The summed E-state index contributed by atoms with van der Waals surface area (Å²) in [5, 5.41) is 15.0. The van der Waals surface area contributed by atoms with Gasteiger partial charge in [0.1, 0.15) is 23.1 Å². The minimum absolute atomic E-state index is 0.259. The molecule has 38 heavy (non-hydrogen) atoms. The van der Waals surface area contributed by atoms with Crippen molar-refractivity contribution in [3.63, 3.8) is 0 Å². The van der Waals surface area contributed by atoms with Crippen molar-refractivity contribution in [2.75, 3.05) is 0 Å². The number of benzene rings is 5. The van der Waals surface area contributed by atoms with Crippen LogP contribution in [0.2, 0.25) is 0 Å². The summed E-state index contributed by atoms with van der Waals surface area (Å²) < 4.78 is 33.8. The first-order valence-corrected chi connectivity index (χ1v) is 12.2. The van der Waals surface area contributed by atoms with E-state index in [9.17, 15) is 18.7 Å². The van der Waals surface area contributed by atoms with Gasteiger partial charge < -0.3 is 15.2 Å². The Balaban J connectivity index is 1.44. The molecule has 0 aliphatic rings. The van der Waals surface area contributed by atoms with Crippen molar-refractivity contribution in [3.05, 3.63) is 144 Å². The number of carbonyl (C=O) groups excluding carboxylic acids is 1. The molecule has 0 saturated heterocycles. The first-order chi connectivity index (χ1) is 18.5. The van der Waals surface area contributed by atoms with E-state index in [1.807, 2.05) is 54.6 Å². The number of hydrogen-bond donors (Lipinski definition) is 2. The predicted octanol–water partition coefficient (Wildman–Crippen LogP) is 6.99. The third-order valence-electron chi connectivity index (χ3n) is 6.36. The molecule has 190 valence electrons. The summed E-state index contributed by atoms with van der Waals surface area (Å²) in [4.78, 5) is 13.4. The molecule has 0 aliphatic heterocycles. The second-order valence-corrected chi connectivity index (χ2v) is 8.98. The van der Waals surface area contributed by atoms with E-state index in [0.717, 1.165) is 5.56 Å². The lowest BCUT2D eigenvalue weighted by Gasteiger charge is -2.25. The lowest BCUT2D eigenvalue weighted by Crippen LogP contribution is -2.41. The van der Waals surface area contributed by atoms with Crippen LogP contribution < -0.4 is 10.1 Å². The summed E-state index contributed by atoms with van der Waals surface area (Å²) in [6.07, 6.45) is -0.875. The Labute approximate surface area is 219 Å². The fourth-order valence-electron chi connectivity index (χ4n) is 4.45. The molecule has 2 N–H and O–H groups in total. The van der Waals surface area contributed by atoms with Crippen LogP contribution in [-0.4, -0.2) is 17.1 Å². The molecule has 0 fully saturated rings. The zero-order valence-electron chi connectivity index (χ0n) is 20.4. The van der Waals surface area contributed by atoms with Crippen LogP contribution in [0.5, 0.6) is 11.5 Å². The van der Waals surface area contributed by atoms with E-state index in [1.165, 1.54) is 36.4 Å². The fraction of sp³-hybridized carbons (Fsp3) is 0.0938. The van der Waals surface area contributed by atoms with E-state index in [0.29, 0.717) is 33.4 Å². The number of rotatable bonds is 8. The zero-order chi connectivity index (χ0) is 26.5. The van der Waals surface area contributed by atoms with Gasteiger partial charge in [-0.3, -0.25) is 4.79 Å². The number of fused-ring (bicyclic) bond motifs is 1. The molecule has 5 aromatic rings. The Morgan fingerprint density at radius 3 is 2.21 bits per heavy atom. The number of aliphatic hydroxyl groups is 1. The van der Waals surface area contributed by atoms with Gasteiger partial charge in [-0.2, -0.15) is 0 Å². The minimum atomic E-state index is -1.13. The van der Waals surface area contributed by atoms with Crippen molar-refractivity contribution in [2.24, 2.45) is 0 Å². The highest BCUT2D eigenvalue weighted by Crippen LogP contribution is 2.27. The van der Waals surface area contributed by atoms with Crippen molar-refractivity contribution < 1.29 is 23.4 Å². The molecule has 0 aromatic heterocycles. The summed E-state index contributed by atoms with van der Waals surface area (Å²) in [5.74, 6) is -0.00646. The molecular formula is C32H25F2NO3. The van der Waals surface area contributed by atoms with Crippen molar-refractivity contribution in [1.29, 1.82) is 0 Å². The van der Waals surface area contributed by atoms with Gasteiger partial charge in [-0.15, -0.1) is 0 Å². The van der Waals surface area contributed by atoms with Crippen LogP contribution in [0, 0.1) is 11.6 Å². The van der Waals surface area contributed by atoms with E-state index >= 15 is 0 Å². The summed E-state index contributed by atoms with van der Waals surface area (Å²) in [7, 11) is 0. The molecule has 0 bridgehead atoms. The van der Waals surface area contributed by atoms with Gasteiger partial charge in [0.25, 0.3) is 5.91 Å². The Bertz CT molecular complexity index is 1550. The van der Waals surface area contributed by atoms with Crippen LogP contribution in [0.3, 0.4) is 0 Å². The molecule has 0 spiro atoms. The number of carbonyl (C=O) groups is 1. The van der Waals surface area contributed by atoms with Crippen LogP contribution in [0.4, 0.5) is 8.78 Å². The summed E-state index contributed by atoms with van der Waals surface area (Å²) in [5.41, 5.74) is 1.56. The van der Waals surface area contributed by atoms with Gasteiger partial charge in [0, 0.05) is 10.9 Å². The Hall–Kier alpha value is -4.55. The van der Waals surface area contributed by atoms with Crippen molar-refractivity contribution in [3.8, 4) is 11.5 Å². The molecule has 0 radical (unpaired) electrons. The number of amides is 1. The maximum absolute atomic E-state index is 14.3. The molecule has 0 aliphatic carbocycles.